The first-order valence-electron chi connectivity index (χ1n) is 7.45. The van der Waals surface area contributed by atoms with E-state index >= 15 is 0 Å². The molecule has 24 heavy (non-hydrogen) atoms. The van der Waals surface area contributed by atoms with E-state index in [1.54, 1.807) is 0 Å². The van der Waals surface area contributed by atoms with Gasteiger partial charge in [-0.3, -0.25) is 9.59 Å². The minimum atomic E-state index is -3.87. The summed E-state index contributed by atoms with van der Waals surface area (Å²) in [5.41, 5.74) is 0. The van der Waals surface area contributed by atoms with E-state index in [1.807, 2.05) is 6.92 Å². The fourth-order valence-electron chi connectivity index (χ4n) is 2.01. The summed E-state index contributed by atoms with van der Waals surface area (Å²) >= 11 is 5.71. The predicted octanol–water partition coefficient (Wildman–Crippen LogP) is 1.62. The third kappa shape index (κ3) is 6.10. The molecular weight excluding hydrogens is 356 g/mol. The molecule has 0 aromatic heterocycles. The quantitative estimate of drug-likeness (QED) is 0.606. The number of carbonyl (C=O) groups excluding carboxylic acids is 1. The van der Waals surface area contributed by atoms with Gasteiger partial charge in [0.05, 0.1) is 16.9 Å². The Hall–Kier alpha value is -1.64. The third-order valence-corrected chi connectivity index (χ3v) is 5.17. The topological polar surface area (TPSA) is 113 Å². The SMILES string of the molecule is CCCC(CNC(=O)C(C)NS(=O)(=O)c1ccc(Cl)cc1)C(=O)O. The van der Waals surface area contributed by atoms with Gasteiger partial charge in [0.15, 0.2) is 0 Å². The molecule has 0 radical (unpaired) electrons. The van der Waals surface area contributed by atoms with Crippen LogP contribution in [0.3, 0.4) is 0 Å². The van der Waals surface area contributed by atoms with Crippen LogP contribution in [0.1, 0.15) is 26.7 Å². The number of hydrogen-bond donors (Lipinski definition) is 3. The van der Waals surface area contributed by atoms with E-state index in [-0.39, 0.29) is 11.4 Å². The summed E-state index contributed by atoms with van der Waals surface area (Å²) < 4.78 is 26.6. The van der Waals surface area contributed by atoms with Crippen molar-refractivity contribution in [2.24, 2.45) is 5.92 Å². The van der Waals surface area contributed by atoms with E-state index < -0.39 is 33.9 Å². The van der Waals surface area contributed by atoms with Crippen molar-refractivity contribution >= 4 is 33.5 Å². The largest absolute Gasteiger partial charge is 0.481 e. The summed E-state index contributed by atoms with van der Waals surface area (Å²) in [5.74, 6) is -2.28. The number of sulfonamides is 1. The summed E-state index contributed by atoms with van der Waals surface area (Å²) in [4.78, 5) is 23.0. The zero-order valence-corrected chi connectivity index (χ0v) is 15.0. The van der Waals surface area contributed by atoms with Gasteiger partial charge < -0.3 is 10.4 Å². The molecule has 0 aliphatic heterocycles. The monoisotopic (exact) mass is 376 g/mol. The van der Waals surface area contributed by atoms with Gasteiger partial charge >= 0.3 is 5.97 Å². The zero-order chi connectivity index (χ0) is 18.3. The molecule has 7 nitrogen and oxygen atoms in total. The van der Waals surface area contributed by atoms with Crippen LogP contribution in [-0.4, -0.2) is 38.0 Å². The summed E-state index contributed by atoms with van der Waals surface area (Å²) in [6, 6.07) is 4.49. The first kappa shape index (κ1) is 20.4. The van der Waals surface area contributed by atoms with E-state index in [4.69, 9.17) is 16.7 Å². The maximum Gasteiger partial charge on any atom is 0.308 e. The number of hydrogen-bond acceptors (Lipinski definition) is 4. The van der Waals surface area contributed by atoms with Crippen LogP contribution in [-0.2, 0) is 19.6 Å². The van der Waals surface area contributed by atoms with Gasteiger partial charge in [0.25, 0.3) is 0 Å². The van der Waals surface area contributed by atoms with E-state index in [0.717, 1.165) is 0 Å². The van der Waals surface area contributed by atoms with Crippen LogP contribution < -0.4 is 10.0 Å². The Morgan fingerprint density at radius 3 is 2.33 bits per heavy atom. The molecule has 2 unspecified atom stereocenters. The van der Waals surface area contributed by atoms with Gasteiger partial charge in [0, 0.05) is 11.6 Å². The van der Waals surface area contributed by atoms with Crippen molar-refractivity contribution in [1.29, 1.82) is 0 Å². The number of benzene rings is 1. The van der Waals surface area contributed by atoms with Gasteiger partial charge in [-0.25, -0.2) is 8.42 Å². The van der Waals surface area contributed by atoms with Crippen molar-refractivity contribution in [2.75, 3.05) is 6.54 Å². The molecular formula is C15H21ClN2O5S. The van der Waals surface area contributed by atoms with Crippen LogP contribution in [0.2, 0.25) is 5.02 Å². The lowest BCUT2D eigenvalue weighted by Crippen LogP contribution is -2.46. The van der Waals surface area contributed by atoms with Crippen LogP contribution in [0.4, 0.5) is 0 Å². The van der Waals surface area contributed by atoms with E-state index in [1.165, 1.54) is 31.2 Å². The Labute approximate surface area is 146 Å². The minimum Gasteiger partial charge on any atom is -0.481 e. The molecule has 1 rings (SSSR count). The molecule has 9 heteroatoms. The lowest BCUT2D eigenvalue weighted by atomic mass is 10.0. The number of aliphatic carboxylic acids is 1. The van der Waals surface area contributed by atoms with Crippen molar-refractivity contribution in [2.45, 2.75) is 37.6 Å². The Kier molecular flexibility index (Phi) is 7.65. The van der Waals surface area contributed by atoms with Gasteiger partial charge in [0.1, 0.15) is 0 Å². The number of halogens is 1. The van der Waals surface area contributed by atoms with Crippen molar-refractivity contribution < 1.29 is 23.1 Å². The number of nitrogens with one attached hydrogen (secondary N) is 2. The maximum atomic E-state index is 12.2. The second-order valence-corrected chi connectivity index (χ2v) is 7.52. The fourth-order valence-corrected chi connectivity index (χ4v) is 3.34. The van der Waals surface area contributed by atoms with Crippen LogP contribution in [0.5, 0.6) is 0 Å². The number of amides is 1. The Morgan fingerprint density at radius 2 is 1.83 bits per heavy atom. The van der Waals surface area contributed by atoms with Crippen LogP contribution >= 0.6 is 11.6 Å². The Balaban J connectivity index is 2.66. The molecule has 3 N–H and O–H groups in total. The lowest BCUT2D eigenvalue weighted by Gasteiger charge is -2.17. The average Bonchev–Trinajstić information content (AvgIpc) is 2.50. The molecule has 0 aliphatic rings. The summed E-state index contributed by atoms with van der Waals surface area (Å²) in [6.07, 6.45) is 1.10. The number of rotatable bonds is 9. The predicted molar refractivity (Wildman–Crippen MR) is 90.3 cm³/mol. The van der Waals surface area contributed by atoms with Crippen molar-refractivity contribution in [3.8, 4) is 0 Å². The first-order chi connectivity index (χ1) is 11.2. The number of carboxylic acids is 1. The zero-order valence-electron chi connectivity index (χ0n) is 13.5. The molecule has 1 amide bonds. The molecule has 134 valence electrons. The Morgan fingerprint density at radius 1 is 1.25 bits per heavy atom. The highest BCUT2D eigenvalue weighted by Crippen LogP contribution is 2.14. The fraction of sp³-hybridized carbons (Fsp3) is 0.467. The molecule has 0 saturated heterocycles. The lowest BCUT2D eigenvalue weighted by molar-refractivity contribution is -0.142. The van der Waals surface area contributed by atoms with Crippen LogP contribution in [0.15, 0.2) is 29.2 Å². The maximum absolute atomic E-state index is 12.2. The summed E-state index contributed by atoms with van der Waals surface area (Å²) in [6.45, 7) is 3.19. The standard InChI is InChI=1S/C15H21ClN2O5S/c1-3-4-11(15(20)21)9-17-14(19)10(2)18-24(22,23)13-7-5-12(16)6-8-13/h5-8,10-11,18H,3-4,9H2,1-2H3,(H,17,19)(H,20,21). The van der Waals surface area contributed by atoms with Crippen molar-refractivity contribution in [1.82, 2.24) is 10.0 Å². The third-order valence-electron chi connectivity index (χ3n) is 3.36. The Bertz CT molecular complexity index is 676. The van der Waals surface area contributed by atoms with Gasteiger partial charge in [-0.05, 0) is 37.6 Å². The second kappa shape index (κ2) is 9.00. The van der Waals surface area contributed by atoms with E-state index in [2.05, 4.69) is 10.0 Å². The molecule has 0 bridgehead atoms. The van der Waals surface area contributed by atoms with Crippen molar-refractivity contribution in [3.05, 3.63) is 29.3 Å². The number of carbonyl (C=O) groups is 2. The molecule has 2 atom stereocenters. The van der Waals surface area contributed by atoms with Crippen LogP contribution in [0.25, 0.3) is 0 Å². The highest BCUT2D eigenvalue weighted by atomic mass is 35.5. The summed E-state index contributed by atoms with van der Waals surface area (Å²) in [5, 5.41) is 11.9. The van der Waals surface area contributed by atoms with Gasteiger partial charge in [-0.15, -0.1) is 0 Å². The second-order valence-electron chi connectivity index (χ2n) is 5.37. The van der Waals surface area contributed by atoms with Gasteiger partial charge in [-0.2, -0.15) is 4.72 Å². The smallest absolute Gasteiger partial charge is 0.308 e. The first-order valence-corrected chi connectivity index (χ1v) is 9.32. The van der Waals surface area contributed by atoms with E-state index in [9.17, 15) is 18.0 Å². The molecule has 0 spiro atoms. The molecule has 0 aliphatic carbocycles. The minimum absolute atomic E-state index is 0.0130. The summed E-state index contributed by atoms with van der Waals surface area (Å²) in [7, 11) is -3.87. The van der Waals surface area contributed by atoms with Gasteiger partial charge in [-0.1, -0.05) is 24.9 Å². The van der Waals surface area contributed by atoms with Crippen molar-refractivity contribution in [3.63, 3.8) is 0 Å². The normalized spacial score (nSPS) is 14.0. The molecule has 0 saturated carbocycles. The number of carboxylic acid groups (broad SMARTS) is 1. The van der Waals surface area contributed by atoms with Crippen LogP contribution in [0, 0.1) is 5.92 Å². The molecule has 0 fully saturated rings. The highest BCUT2D eigenvalue weighted by molar-refractivity contribution is 7.89. The highest BCUT2D eigenvalue weighted by Gasteiger charge is 2.23. The van der Waals surface area contributed by atoms with E-state index in [0.29, 0.717) is 17.9 Å². The average molecular weight is 377 g/mol. The molecule has 1 aromatic rings. The molecule has 0 heterocycles. The molecule has 1 aromatic carbocycles. The van der Waals surface area contributed by atoms with Gasteiger partial charge in [0.2, 0.25) is 15.9 Å².